The molecule has 1 heterocycles. The minimum Gasteiger partial charge on any atom is -0.502 e. The third-order valence-electron chi connectivity index (χ3n) is 3.88. The number of rotatable bonds is 2. The van der Waals surface area contributed by atoms with Gasteiger partial charge in [-0.15, -0.1) is 0 Å². The van der Waals surface area contributed by atoms with Gasteiger partial charge in [0.05, 0.1) is 4.92 Å². The molecule has 0 bridgehead atoms. The molecule has 1 aliphatic heterocycles. The Labute approximate surface area is 137 Å². The molecule has 1 fully saturated rings. The average Bonchev–Trinajstić information content (AvgIpc) is 2.43. The predicted molar refractivity (Wildman–Crippen MR) is 82.8 cm³/mol. The zero-order chi connectivity index (χ0) is 18.3. The number of phenols is 1. The monoisotopic (exact) mass is 335 g/mol. The molecule has 0 aromatic heterocycles. The summed E-state index contributed by atoms with van der Waals surface area (Å²) in [4.78, 5) is 34.4. The average molecular weight is 335 g/mol. The molecule has 0 aliphatic carbocycles. The first-order valence-electron chi connectivity index (χ1n) is 7.10. The summed E-state index contributed by atoms with van der Waals surface area (Å²) in [5, 5.41) is 20.3. The second-order valence-electron chi connectivity index (χ2n) is 6.54. The van der Waals surface area contributed by atoms with Crippen molar-refractivity contribution in [3.05, 3.63) is 39.4 Å². The van der Waals surface area contributed by atoms with Gasteiger partial charge in [0.2, 0.25) is 0 Å². The molecule has 0 amide bonds. The number of hydrogen-bond donors (Lipinski definition) is 1. The van der Waals surface area contributed by atoms with Crippen molar-refractivity contribution >= 4 is 23.7 Å². The first kappa shape index (κ1) is 17.5. The number of ether oxygens (including phenoxy) is 2. The van der Waals surface area contributed by atoms with Crippen LogP contribution in [0.1, 0.15) is 33.3 Å². The van der Waals surface area contributed by atoms with Gasteiger partial charge in [-0.05, 0) is 17.7 Å². The van der Waals surface area contributed by atoms with Crippen LogP contribution in [0.4, 0.5) is 5.69 Å². The maximum absolute atomic E-state index is 12.2. The molecule has 0 radical (unpaired) electrons. The van der Waals surface area contributed by atoms with E-state index >= 15 is 0 Å². The largest absolute Gasteiger partial charge is 0.502 e. The Morgan fingerprint density at radius 2 is 1.75 bits per heavy atom. The lowest BCUT2D eigenvalue weighted by Crippen LogP contribution is -2.52. The van der Waals surface area contributed by atoms with Crippen molar-refractivity contribution in [1.29, 1.82) is 0 Å². The summed E-state index contributed by atoms with van der Waals surface area (Å²) >= 11 is 0. The molecule has 0 atom stereocenters. The lowest BCUT2D eigenvalue weighted by atomic mass is 9.85. The van der Waals surface area contributed by atoms with Crippen LogP contribution in [-0.4, -0.2) is 27.8 Å². The van der Waals surface area contributed by atoms with Crippen LogP contribution < -0.4 is 0 Å². The molecule has 8 heteroatoms. The van der Waals surface area contributed by atoms with Crippen molar-refractivity contribution in [3.8, 4) is 5.75 Å². The van der Waals surface area contributed by atoms with E-state index in [9.17, 15) is 24.8 Å². The number of carbonyl (C=O) groups excluding carboxylic acids is 2. The normalized spacial score (nSPS) is 21.1. The van der Waals surface area contributed by atoms with Crippen molar-refractivity contribution in [2.45, 2.75) is 33.5 Å². The lowest BCUT2D eigenvalue weighted by molar-refractivity contribution is -0.385. The second kappa shape index (κ2) is 5.63. The Bertz CT molecular complexity index is 738. The molecule has 24 heavy (non-hydrogen) atoms. The van der Waals surface area contributed by atoms with Gasteiger partial charge in [0, 0.05) is 18.4 Å². The number of phenolic OH excluding ortho intramolecular Hbond substituents is 1. The fourth-order valence-electron chi connectivity index (χ4n) is 1.94. The maximum Gasteiger partial charge on any atom is 0.348 e. The second-order valence-corrected chi connectivity index (χ2v) is 6.54. The topological polar surface area (TPSA) is 116 Å². The summed E-state index contributed by atoms with van der Waals surface area (Å²) in [5.74, 6) is -3.69. The van der Waals surface area contributed by atoms with Crippen LogP contribution in [0.25, 0.3) is 6.08 Å². The number of nitro groups is 1. The van der Waals surface area contributed by atoms with Gasteiger partial charge in [0.25, 0.3) is 5.79 Å². The Hall–Kier alpha value is -2.90. The summed E-state index contributed by atoms with van der Waals surface area (Å²) in [6.45, 7) is 6.76. The minimum atomic E-state index is -1.42. The lowest BCUT2D eigenvalue weighted by Gasteiger charge is -2.42. The molecule has 2 rings (SSSR count). The molecule has 1 N–H and O–H groups in total. The molecule has 0 unspecified atom stereocenters. The Kier molecular flexibility index (Phi) is 4.09. The summed E-state index contributed by atoms with van der Waals surface area (Å²) in [5.41, 5.74) is -1.37. The van der Waals surface area contributed by atoms with Crippen molar-refractivity contribution in [2.75, 3.05) is 0 Å². The van der Waals surface area contributed by atoms with Gasteiger partial charge in [-0.3, -0.25) is 10.1 Å². The fraction of sp³-hybridized carbons (Fsp3) is 0.375. The molecular formula is C16H17NO7. The minimum absolute atomic E-state index is 0.183. The van der Waals surface area contributed by atoms with Gasteiger partial charge in [0.1, 0.15) is 5.57 Å². The highest BCUT2D eigenvalue weighted by atomic mass is 16.7. The third kappa shape index (κ3) is 3.08. The molecule has 0 saturated carbocycles. The van der Waals surface area contributed by atoms with Crippen LogP contribution in [0.5, 0.6) is 5.75 Å². The quantitative estimate of drug-likeness (QED) is 0.290. The summed E-state index contributed by atoms with van der Waals surface area (Å²) in [7, 11) is 0. The highest BCUT2D eigenvalue weighted by Gasteiger charge is 2.50. The Morgan fingerprint density at radius 1 is 1.21 bits per heavy atom. The Balaban J connectivity index is 2.39. The molecule has 1 aromatic rings. The van der Waals surface area contributed by atoms with Crippen molar-refractivity contribution in [3.63, 3.8) is 0 Å². The fourth-order valence-corrected chi connectivity index (χ4v) is 1.94. The summed E-state index contributed by atoms with van der Waals surface area (Å²) in [6, 6.07) is 3.47. The maximum atomic E-state index is 12.2. The van der Waals surface area contributed by atoms with E-state index in [0.29, 0.717) is 0 Å². The summed E-state index contributed by atoms with van der Waals surface area (Å²) in [6.07, 6.45) is 1.12. The zero-order valence-electron chi connectivity index (χ0n) is 13.7. The van der Waals surface area contributed by atoms with E-state index in [1.165, 1.54) is 13.0 Å². The number of benzene rings is 1. The molecule has 0 spiro atoms. The van der Waals surface area contributed by atoms with Crippen molar-refractivity contribution in [1.82, 2.24) is 0 Å². The molecule has 1 aromatic carbocycles. The summed E-state index contributed by atoms with van der Waals surface area (Å²) < 4.78 is 10.5. The van der Waals surface area contributed by atoms with E-state index in [-0.39, 0.29) is 11.1 Å². The van der Waals surface area contributed by atoms with Gasteiger partial charge in [0.15, 0.2) is 5.75 Å². The standard InChI is InChI=1S/C16H17NO7/c1-15(2,3)16(4)23-13(19)10(14(20)24-16)7-9-5-6-12(18)11(8-9)17(21)22/h5-8,18H,1-4H3. The number of hydrogen-bond acceptors (Lipinski definition) is 7. The van der Waals surface area contributed by atoms with Crippen LogP contribution in [-0.2, 0) is 19.1 Å². The molecular weight excluding hydrogens is 318 g/mol. The SMILES string of the molecule is CC(C)(C)C1(C)OC(=O)C(=Cc2ccc(O)c([N+](=O)[O-])c2)C(=O)O1. The van der Waals surface area contributed by atoms with Gasteiger partial charge in [-0.25, -0.2) is 9.59 Å². The molecule has 128 valence electrons. The number of cyclic esters (lactones) is 2. The van der Waals surface area contributed by atoms with Gasteiger partial charge in [-0.2, -0.15) is 0 Å². The first-order chi connectivity index (χ1) is 10.9. The Morgan fingerprint density at radius 3 is 2.21 bits per heavy atom. The van der Waals surface area contributed by atoms with E-state index in [2.05, 4.69) is 0 Å². The smallest absolute Gasteiger partial charge is 0.348 e. The first-order valence-corrected chi connectivity index (χ1v) is 7.10. The number of carbonyl (C=O) groups is 2. The van der Waals surface area contributed by atoms with E-state index in [1.54, 1.807) is 20.8 Å². The zero-order valence-corrected chi connectivity index (χ0v) is 13.7. The van der Waals surface area contributed by atoms with Crippen LogP contribution >= 0.6 is 0 Å². The van der Waals surface area contributed by atoms with Crippen LogP contribution in [0.3, 0.4) is 0 Å². The molecule has 1 aliphatic rings. The number of nitrogens with zero attached hydrogens (tertiary/aromatic N) is 1. The van der Waals surface area contributed by atoms with Crippen molar-refractivity contribution < 1.29 is 29.1 Å². The van der Waals surface area contributed by atoms with E-state index < -0.39 is 39.5 Å². The van der Waals surface area contributed by atoms with E-state index in [0.717, 1.165) is 18.2 Å². The molecule has 8 nitrogen and oxygen atoms in total. The van der Waals surface area contributed by atoms with E-state index in [4.69, 9.17) is 9.47 Å². The number of nitro benzene ring substituents is 1. The number of esters is 2. The highest BCUT2D eigenvalue weighted by Crippen LogP contribution is 2.39. The number of aromatic hydroxyl groups is 1. The highest BCUT2D eigenvalue weighted by molar-refractivity contribution is 6.19. The van der Waals surface area contributed by atoms with Gasteiger partial charge < -0.3 is 14.6 Å². The van der Waals surface area contributed by atoms with E-state index in [1.807, 2.05) is 0 Å². The van der Waals surface area contributed by atoms with Gasteiger partial charge in [-0.1, -0.05) is 26.8 Å². The third-order valence-corrected chi connectivity index (χ3v) is 3.88. The van der Waals surface area contributed by atoms with Crippen LogP contribution in [0.2, 0.25) is 0 Å². The van der Waals surface area contributed by atoms with Crippen molar-refractivity contribution in [2.24, 2.45) is 5.41 Å². The van der Waals surface area contributed by atoms with Crippen LogP contribution in [0, 0.1) is 15.5 Å². The van der Waals surface area contributed by atoms with Gasteiger partial charge >= 0.3 is 17.6 Å². The predicted octanol–water partition coefficient (Wildman–Crippen LogP) is 2.55. The van der Waals surface area contributed by atoms with Crippen LogP contribution in [0.15, 0.2) is 23.8 Å². The molecule has 1 saturated heterocycles.